The van der Waals surface area contributed by atoms with Gasteiger partial charge in [-0.2, -0.15) is 0 Å². The molecule has 172 valence electrons. The van der Waals surface area contributed by atoms with Gasteiger partial charge in [0.15, 0.2) is 0 Å². The maximum Gasteiger partial charge on any atom is 1.00 e. The van der Waals surface area contributed by atoms with E-state index in [-0.39, 0.29) is 78.3 Å². The Morgan fingerprint density at radius 3 is 1.77 bits per heavy atom. The molecule has 0 saturated carbocycles. The van der Waals surface area contributed by atoms with Crippen LogP contribution >= 0.6 is 8.25 Å². The maximum absolute atomic E-state index is 11.4. The van der Waals surface area contributed by atoms with Gasteiger partial charge < -0.3 is 24.7 Å². The van der Waals surface area contributed by atoms with Gasteiger partial charge in [-0.25, -0.2) is 0 Å². The predicted molar refractivity (Wildman–Crippen MR) is 111 cm³/mol. The van der Waals surface area contributed by atoms with Crippen molar-refractivity contribution < 1.29 is 93.2 Å². The first-order chi connectivity index (χ1) is 13.9. The van der Waals surface area contributed by atoms with E-state index in [4.69, 9.17) is 29.3 Å². The van der Waals surface area contributed by atoms with Crippen LogP contribution in [0.1, 0.15) is 96.8 Å². The molecule has 1 atom stereocenters. The molecule has 7 nitrogen and oxygen atoms in total. The van der Waals surface area contributed by atoms with Crippen LogP contribution in [0.5, 0.6) is 0 Å². The molecule has 0 bridgehead atoms. The molecule has 0 spiro atoms. The van der Waals surface area contributed by atoms with Crippen LogP contribution < -0.4 is 68.9 Å². The summed E-state index contributed by atoms with van der Waals surface area (Å²) in [6.07, 6.45) is 20.1. The predicted octanol–water partition coefficient (Wildman–Crippen LogP) is -2.71. The first-order valence-electron chi connectivity index (χ1n) is 10.8. The largest absolute Gasteiger partial charge is 1.00 e. The molecule has 0 fully saturated rings. The molecule has 10 heteroatoms. The normalized spacial score (nSPS) is 11.0. The summed E-state index contributed by atoms with van der Waals surface area (Å²) in [5, 5.41) is 17.7. The van der Waals surface area contributed by atoms with Crippen molar-refractivity contribution >= 4 is 14.2 Å². The first-order valence-corrected chi connectivity index (χ1v) is 11.9. The van der Waals surface area contributed by atoms with Crippen molar-refractivity contribution in [1.82, 2.24) is 0 Å². The number of allylic oxidation sites excluding steroid dienone is 2. The molecule has 0 rings (SSSR count). The number of hydrogen-bond acceptors (Lipinski definition) is 7. The van der Waals surface area contributed by atoms with Crippen LogP contribution in [0.4, 0.5) is 0 Å². The van der Waals surface area contributed by atoms with E-state index >= 15 is 0 Å². The van der Waals surface area contributed by atoms with Crippen LogP contribution in [0.2, 0.25) is 0 Å². The second-order valence-corrected chi connectivity index (χ2v) is 7.52. The standard InChI is InChI=1S/C21H40O4.2Na.HO3P/c1-2-3-4-5-6-7-8-9-10-11-12-13-14-15-16-17-21(24)25-19-20(23)18-22;;;1-4(2)3/h9-10,20,22-23H,2-8,11-19H2,1H3;;;(H,1,2,3)/q;2*+1;/p-1/b10-9+;;;. The topological polar surface area (TPSA) is 130 Å². The van der Waals surface area contributed by atoms with Crippen molar-refractivity contribution in [3.63, 3.8) is 0 Å². The van der Waals surface area contributed by atoms with E-state index in [1.807, 2.05) is 0 Å². The Balaban J connectivity index is -0.000000555. The van der Waals surface area contributed by atoms with Gasteiger partial charge in [0.05, 0.1) is 6.61 Å². The van der Waals surface area contributed by atoms with Gasteiger partial charge >= 0.3 is 65.1 Å². The third kappa shape index (κ3) is 41.8. The van der Waals surface area contributed by atoms with E-state index in [2.05, 4.69) is 19.1 Å². The summed E-state index contributed by atoms with van der Waals surface area (Å²) in [5.41, 5.74) is 0. The van der Waals surface area contributed by atoms with Gasteiger partial charge in [-0.3, -0.25) is 4.79 Å². The average Bonchev–Trinajstić information content (AvgIpc) is 2.68. The minimum absolute atomic E-state index is 0. The van der Waals surface area contributed by atoms with Crippen LogP contribution in [0.15, 0.2) is 12.2 Å². The Kier molecular flexibility index (Phi) is 42.3. The fraction of sp³-hybridized carbons (Fsp3) is 0.857. The molecule has 0 aromatic carbocycles. The molecule has 0 aliphatic heterocycles. The number of aliphatic hydroxyl groups excluding tert-OH is 2. The van der Waals surface area contributed by atoms with E-state index in [9.17, 15) is 4.79 Å². The van der Waals surface area contributed by atoms with E-state index in [1.54, 1.807) is 0 Å². The van der Waals surface area contributed by atoms with Crippen molar-refractivity contribution in [3.8, 4) is 0 Å². The fourth-order valence-corrected chi connectivity index (χ4v) is 2.65. The van der Waals surface area contributed by atoms with Crippen LogP contribution in [-0.4, -0.2) is 35.5 Å². The number of carbonyl (C=O) groups is 1. The van der Waals surface area contributed by atoms with Crippen LogP contribution in [0.25, 0.3) is 0 Å². The number of carbonyl (C=O) groups excluding carboxylic acids is 1. The van der Waals surface area contributed by atoms with Gasteiger partial charge in [0.25, 0.3) is 8.25 Å². The zero-order chi connectivity index (χ0) is 22.2. The quantitative estimate of drug-likeness (QED) is 0.0716. The summed E-state index contributed by atoms with van der Waals surface area (Å²) >= 11 is 0. The van der Waals surface area contributed by atoms with Crippen molar-refractivity contribution in [3.05, 3.63) is 12.2 Å². The van der Waals surface area contributed by atoms with Crippen LogP contribution in [-0.2, 0) is 14.1 Å². The molecule has 0 heterocycles. The summed E-state index contributed by atoms with van der Waals surface area (Å²) in [4.78, 5) is 28.3. The number of esters is 1. The summed E-state index contributed by atoms with van der Waals surface area (Å²) in [7, 11) is -3.37. The Labute approximate surface area is 234 Å². The second-order valence-electron chi connectivity index (χ2n) is 7.08. The van der Waals surface area contributed by atoms with Crippen molar-refractivity contribution in [1.29, 1.82) is 0 Å². The van der Waals surface area contributed by atoms with Gasteiger partial charge in [-0.1, -0.05) is 75.0 Å². The van der Waals surface area contributed by atoms with Gasteiger partial charge in [-0.05, 0) is 32.1 Å². The Morgan fingerprint density at radius 1 is 0.903 bits per heavy atom. The molecular weight excluding hydrogens is 441 g/mol. The zero-order valence-corrected chi connectivity index (χ0v) is 24.8. The summed E-state index contributed by atoms with van der Waals surface area (Å²) < 4.78 is 13.3. The number of hydrogen-bond donors (Lipinski definition) is 2. The van der Waals surface area contributed by atoms with Crippen LogP contribution in [0, 0.1) is 0 Å². The molecular formula is C21H40Na2O7P+. The van der Waals surface area contributed by atoms with E-state index < -0.39 is 14.4 Å². The minimum atomic E-state index is -3.37. The van der Waals surface area contributed by atoms with E-state index in [0.717, 1.165) is 25.7 Å². The molecule has 1 unspecified atom stereocenters. The number of aliphatic hydroxyl groups is 2. The number of unbranched alkanes of at least 4 members (excludes halogenated alkanes) is 11. The van der Waals surface area contributed by atoms with Gasteiger partial charge in [-0.15, -0.1) is 0 Å². The Morgan fingerprint density at radius 2 is 1.32 bits per heavy atom. The SMILES string of the molecule is CCCCCCCC/C=C/CCCCCCCC(=O)OCC(O)CO.O=[P+]([O-])[O-].[Na+].[Na+]. The van der Waals surface area contributed by atoms with Crippen molar-refractivity contribution in [2.75, 3.05) is 13.2 Å². The molecule has 2 N–H and O–H groups in total. The minimum Gasteiger partial charge on any atom is -0.598 e. The first kappa shape index (κ1) is 39.4. The van der Waals surface area contributed by atoms with Gasteiger partial charge in [0.2, 0.25) is 0 Å². The number of ether oxygens (including phenoxy) is 1. The monoisotopic (exact) mass is 481 g/mol. The molecule has 0 radical (unpaired) electrons. The van der Waals surface area contributed by atoms with E-state index in [1.165, 1.54) is 57.8 Å². The van der Waals surface area contributed by atoms with Gasteiger partial charge in [0.1, 0.15) is 12.7 Å². The molecule has 0 aromatic heterocycles. The Bertz CT molecular complexity index is 409. The zero-order valence-electron chi connectivity index (χ0n) is 19.9. The second kappa shape index (κ2) is 33.3. The summed E-state index contributed by atoms with van der Waals surface area (Å²) in [6, 6.07) is 0. The van der Waals surface area contributed by atoms with Gasteiger partial charge in [0, 0.05) is 6.42 Å². The average molecular weight is 481 g/mol. The molecule has 31 heavy (non-hydrogen) atoms. The molecule has 0 aliphatic carbocycles. The van der Waals surface area contributed by atoms with Crippen molar-refractivity contribution in [2.24, 2.45) is 0 Å². The van der Waals surface area contributed by atoms with Crippen molar-refractivity contribution in [2.45, 2.75) is 103 Å². The third-order valence-corrected chi connectivity index (χ3v) is 4.29. The molecule has 0 aliphatic rings. The summed E-state index contributed by atoms with van der Waals surface area (Å²) in [5.74, 6) is -0.287. The number of rotatable bonds is 18. The van der Waals surface area contributed by atoms with Crippen LogP contribution in [0.3, 0.4) is 0 Å². The molecule has 0 saturated heterocycles. The third-order valence-electron chi connectivity index (χ3n) is 4.29. The van der Waals surface area contributed by atoms with E-state index in [0.29, 0.717) is 6.42 Å². The molecule has 0 amide bonds. The smallest absolute Gasteiger partial charge is 0.598 e. The molecule has 0 aromatic rings. The fourth-order valence-electron chi connectivity index (χ4n) is 2.65. The Hall–Kier alpha value is 1.15. The maximum atomic E-state index is 11.4. The summed E-state index contributed by atoms with van der Waals surface area (Å²) in [6.45, 7) is 1.77.